The largest absolute Gasteiger partial charge is 0.457 e. The lowest BCUT2D eigenvalue weighted by molar-refractivity contribution is 0.436. The number of ether oxygens (including phenoxy) is 1. The van der Waals surface area contributed by atoms with Crippen molar-refractivity contribution in [1.29, 1.82) is 5.26 Å². The first-order chi connectivity index (χ1) is 27.7. The first-order valence-electron chi connectivity index (χ1n) is 18.7. The molecule has 1 spiro atoms. The maximum absolute atomic E-state index is 10.1. The second kappa shape index (κ2) is 12.4. The quantitative estimate of drug-likeness (QED) is 0.181. The molecule has 0 bridgehead atoms. The molecule has 0 saturated heterocycles. The molecule has 0 N–H and O–H groups in total. The zero-order chi connectivity index (χ0) is 37.2. The Kier molecular flexibility index (Phi) is 7.07. The first-order valence-corrected chi connectivity index (χ1v) is 18.7. The number of nitriles is 1. The Bertz CT molecular complexity index is 3040. The molecule has 0 atom stereocenters. The zero-order valence-corrected chi connectivity index (χ0v) is 30.0. The fraction of sp³-hybridized carbons (Fsp3) is 0.0196. The van der Waals surface area contributed by atoms with Crippen LogP contribution in [0.1, 0.15) is 27.8 Å². The Morgan fingerprint density at radius 2 is 0.946 bits per heavy atom. The van der Waals surface area contributed by atoms with Gasteiger partial charge in [0, 0.05) is 27.8 Å². The molecule has 11 rings (SSSR count). The highest BCUT2D eigenvalue weighted by molar-refractivity contribution is 5.95. The Balaban J connectivity index is 1.19. The molecule has 0 saturated carbocycles. The van der Waals surface area contributed by atoms with Gasteiger partial charge in [0.1, 0.15) is 11.5 Å². The third kappa shape index (κ3) is 4.70. The minimum absolute atomic E-state index is 0.571. The molecule has 2 aliphatic rings. The third-order valence-corrected chi connectivity index (χ3v) is 11.3. The van der Waals surface area contributed by atoms with E-state index in [4.69, 9.17) is 19.7 Å². The van der Waals surface area contributed by atoms with E-state index < -0.39 is 5.41 Å². The second-order valence-electron chi connectivity index (χ2n) is 14.2. The van der Waals surface area contributed by atoms with E-state index in [0.717, 1.165) is 61.2 Å². The van der Waals surface area contributed by atoms with Crippen LogP contribution in [0.2, 0.25) is 0 Å². The fourth-order valence-electron chi connectivity index (χ4n) is 8.80. The highest BCUT2D eigenvalue weighted by Crippen LogP contribution is 2.62. The van der Waals surface area contributed by atoms with Crippen molar-refractivity contribution >= 4 is 10.8 Å². The van der Waals surface area contributed by atoms with Gasteiger partial charge in [0.15, 0.2) is 17.5 Å². The molecule has 1 aromatic heterocycles. The molecule has 0 radical (unpaired) electrons. The maximum atomic E-state index is 10.1. The summed E-state index contributed by atoms with van der Waals surface area (Å²) in [7, 11) is 0. The SMILES string of the molecule is N#Cc1ccccc1-c1ccc2c(c1)C1(c3cc(-c4nc(-c5ccccc5)nc(-c5cccc6ccccc56)n4)ccc3O2)c2ccccc2-c2ccccc21. The van der Waals surface area contributed by atoms with Crippen molar-refractivity contribution in [3.63, 3.8) is 0 Å². The number of hydrogen-bond donors (Lipinski definition) is 0. The maximum Gasteiger partial charge on any atom is 0.164 e. The molecule has 260 valence electrons. The molecule has 1 aliphatic carbocycles. The van der Waals surface area contributed by atoms with Crippen molar-refractivity contribution in [1.82, 2.24) is 15.0 Å². The van der Waals surface area contributed by atoms with E-state index in [1.165, 1.54) is 22.3 Å². The van der Waals surface area contributed by atoms with Crippen LogP contribution < -0.4 is 4.74 Å². The van der Waals surface area contributed by atoms with Gasteiger partial charge in [-0.1, -0.05) is 146 Å². The van der Waals surface area contributed by atoms with Crippen LogP contribution in [-0.4, -0.2) is 15.0 Å². The van der Waals surface area contributed by atoms with Gasteiger partial charge >= 0.3 is 0 Å². The van der Waals surface area contributed by atoms with Crippen molar-refractivity contribution in [2.24, 2.45) is 0 Å². The molecule has 1 aliphatic heterocycles. The Morgan fingerprint density at radius 1 is 0.411 bits per heavy atom. The molecule has 56 heavy (non-hydrogen) atoms. The topological polar surface area (TPSA) is 71.7 Å². The zero-order valence-electron chi connectivity index (χ0n) is 30.0. The van der Waals surface area contributed by atoms with Crippen LogP contribution in [0.5, 0.6) is 11.5 Å². The van der Waals surface area contributed by atoms with E-state index in [1.54, 1.807) is 0 Å². The van der Waals surface area contributed by atoms with Gasteiger partial charge in [0.05, 0.1) is 17.0 Å². The highest BCUT2D eigenvalue weighted by Gasteiger charge is 2.51. The predicted molar refractivity (Wildman–Crippen MR) is 221 cm³/mol. The Hall–Kier alpha value is -7.68. The van der Waals surface area contributed by atoms with Crippen LogP contribution in [-0.2, 0) is 5.41 Å². The van der Waals surface area contributed by atoms with Crippen LogP contribution in [0.4, 0.5) is 0 Å². The minimum Gasteiger partial charge on any atom is -0.457 e. The van der Waals surface area contributed by atoms with Gasteiger partial charge in [-0.3, -0.25) is 0 Å². The Morgan fingerprint density at radius 3 is 1.68 bits per heavy atom. The standard InChI is InChI=1S/C51H30N4O/c52-31-36-16-5-6-18-37(36)34-25-27-46-44(29-34)51(42-23-10-8-20-39(42)40-21-9-11-24-43(40)51)45-30-35(26-28-47(45)56-46)49-53-48(33-14-2-1-3-15-33)54-50(55-49)41-22-12-17-32-13-4-7-19-38(32)41/h1-30H. The molecule has 0 unspecified atom stereocenters. The summed E-state index contributed by atoms with van der Waals surface area (Å²) in [6, 6.07) is 64.8. The molecule has 5 nitrogen and oxygen atoms in total. The summed E-state index contributed by atoms with van der Waals surface area (Å²) in [6.07, 6.45) is 0. The normalized spacial score (nSPS) is 12.9. The lowest BCUT2D eigenvalue weighted by Crippen LogP contribution is -2.32. The van der Waals surface area contributed by atoms with Crippen molar-refractivity contribution in [2.75, 3.05) is 0 Å². The van der Waals surface area contributed by atoms with Gasteiger partial charge in [-0.05, 0) is 80.6 Å². The third-order valence-electron chi connectivity index (χ3n) is 11.3. The number of benzene rings is 8. The van der Waals surface area contributed by atoms with Gasteiger partial charge in [0.25, 0.3) is 0 Å². The fourth-order valence-corrected chi connectivity index (χ4v) is 8.80. The van der Waals surface area contributed by atoms with E-state index >= 15 is 0 Å². The second-order valence-corrected chi connectivity index (χ2v) is 14.2. The molecule has 2 heterocycles. The van der Waals surface area contributed by atoms with Gasteiger partial charge in [-0.15, -0.1) is 0 Å². The molecular weight excluding hydrogens is 685 g/mol. The average Bonchev–Trinajstić information content (AvgIpc) is 3.57. The summed E-state index contributed by atoms with van der Waals surface area (Å²) in [5.41, 5.74) is 11.1. The van der Waals surface area contributed by atoms with E-state index in [1.807, 2.05) is 60.7 Å². The summed E-state index contributed by atoms with van der Waals surface area (Å²) < 4.78 is 6.85. The molecule has 8 aromatic carbocycles. The highest BCUT2D eigenvalue weighted by atomic mass is 16.5. The number of rotatable bonds is 4. The summed E-state index contributed by atoms with van der Waals surface area (Å²) in [5, 5.41) is 12.3. The summed E-state index contributed by atoms with van der Waals surface area (Å²) in [6.45, 7) is 0. The molecular formula is C51H30N4O. The van der Waals surface area contributed by atoms with Gasteiger partial charge in [-0.2, -0.15) is 5.26 Å². The number of fused-ring (bicyclic) bond motifs is 10. The molecule has 0 fully saturated rings. The lowest BCUT2D eigenvalue weighted by atomic mass is 9.65. The monoisotopic (exact) mass is 714 g/mol. The summed E-state index contributed by atoms with van der Waals surface area (Å²) in [4.78, 5) is 15.5. The molecule has 9 aromatic rings. The van der Waals surface area contributed by atoms with Crippen LogP contribution in [0.25, 0.3) is 67.2 Å². The van der Waals surface area contributed by atoms with Crippen LogP contribution >= 0.6 is 0 Å². The first kappa shape index (κ1) is 31.8. The van der Waals surface area contributed by atoms with Gasteiger partial charge in [0.2, 0.25) is 0 Å². The number of nitrogens with zero attached hydrogens (tertiary/aromatic N) is 4. The van der Waals surface area contributed by atoms with E-state index in [9.17, 15) is 5.26 Å². The Labute approximate surface area is 323 Å². The van der Waals surface area contributed by atoms with Crippen LogP contribution in [0.3, 0.4) is 0 Å². The van der Waals surface area contributed by atoms with Gasteiger partial charge in [-0.25, -0.2) is 15.0 Å². The smallest absolute Gasteiger partial charge is 0.164 e. The lowest BCUT2D eigenvalue weighted by Gasteiger charge is -2.40. The van der Waals surface area contributed by atoms with Crippen molar-refractivity contribution in [3.8, 4) is 74.0 Å². The molecule has 0 amide bonds. The van der Waals surface area contributed by atoms with Crippen LogP contribution in [0.15, 0.2) is 182 Å². The van der Waals surface area contributed by atoms with Crippen molar-refractivity contribution in [3.05, 3.63) is 210 Å². The van der Waals surface area contributed by atoms with E-state index in [-0.39, 0.29) is 0 Å². The predicted octanol–water partition coefficient (Wildman–Crippen LogP) is 12.0. The van der Waals surface area contributed by atoms with Gasteiger partial charge < -0.3 is 4.74 Å². The average molecular weight is 715 g/mol. The molecule has 5 heteroatoms. The summed E-state index contributed by atoms with van der Waals surface area (Å²) in [5.74, 6) is 3.33. The summed E-state index contributed by atoms with van der Waals surface area (Å²) >= 11 is 0. The number of aromatic nitrogens is 3. The van der Waals surface area contributed by atoms with Crippen LogP contribution in [0, 0.1) is 11.3 Å². The van der Waals surface area contributed by atoms with E-state index in [0.29, 0.717) is 23.0 Å². The van der Waals surface area contributed by atoms with E-state index in [2.05, 4.69) is 127 Å². The minimum atomic E-state index is -0.739. The van der Waals surface area contributed by atoms with Crippen molar-refractivity contribution in [2.45, 2.75) is 5.41 Å². The van der Waals surface area contributed by atoms with Crippen molar-refractivity contribution < 1.29 is 4.74 Å². The number of hydrogen-bond acceptors (Lipinski definition) is 5.